The maximum absolute atomic E-state index is 12.7. The van der Waals surface area contributed by atoms with Crippen molar-refractivity contribution in [2.24, 2.45) is 0 Å². The summed E-state index contributed by atoms with van der Waals surface area (Å²) in [6.45, 7) is 6.89. The Kier molecular flexibility index (Phi) is 6.41. The molecule has 0 saturated carbocycles. The molecule has 0 bridgehead atoms. The van der Waals surface area contributed by atoms with Gasteiger partial charge in [-0.1, -0.05) is 61.0 Å². The van der Waals surface area contributed by atoms with Gasteiger partial charge in [-0.15, -0.1) is 0 Å². The third-order valence-corrected chi connectivity index (χ3v) is 5.81. The summed E-state index contributed by atoms with van der Waals surface area (Å²) in [4.78, 5) is 17.3. The molecule has 1 aliphatic heterocycles. The number of benzene rings is 3. The number of para-hydroxylation sites is 1. The molecule has 1 amide bonds. The number of amides is 1. The third kappa shape index (κ3) is 4.53. The molecule has 0 aliphatic carbocycles. The van der Waals surface area contributed by atoms with Gasteiger partial charge >= 0.3 is 0 Å². The molecular formula is C24H26ClN3O2. The van der Waals surface area contributed by atoms with Crippen molar-refractivity contribution in [2.45, 2.75) is 6.92 Å². The number of rotatable bonds is 6. The normalized spacial score (nSPS) is 14.7. The van der Waals surface area contributed by atoms with Crippen LogP contribution in [-0.2, 0) is 4.79 Å². The number of fused-ring (bicyclic) bond motifs is 1. The fourth-order valence-corrected chi connectivity index (χ4v) is 4.17. The molecule has 3 aromatic rings. The highest BCUT2D eigenvalue weighted by molar-refractivity contribution is 6.34. The van der Waals surface area contributed by atoms with Crippen LogP contribution >= 0.6 is 11.6 Å². The Hall–Kier alpha value is -2.76. The maximum atomic E-state index is 12.7. The van der Waals surface area contributed by atoms with E-state index in [9.17, 15) is 4.79 Å². The molecule has 0 spiro atoms. The van der Waals surface area contributed by atoms with Crippen molar-refractivity contribution < 1.29 is 9.53 Å². The van der Waals surface area contributed by atoms with Crippen molar-refractivity contribution in [1.29, 1.82) is 0 Å². The molecule has 1 aliphatic rings. The summed E-state index contributed by atoms with van der Waals surface area (Å²) >= 11 is 6.52. The summed E-state index contributed by atoms with van der Waals surface area (Å²) in [7, 11) is 0. The van der Waals surface area contributed by atoms with Crippen molar-refractivity contribution in [3.63, 3.8) is 0 Å². The van der Waals surface area contributed by atoms with E-state index in [2.05, 4.69) is 22.0 Å². The topological polar surface area (TPSA) is 44.8 Å². The van der Waals surface area contributed by atoms with Crippen molar-refractivity contribution in [3.8, 4) is 5.75 Å². The molecule has 0 radical (unpaired) electrons. The van der Waals surface area contributed by atoms with E-state index in [-0.39, 0.29) is 12.5 Å². The predicted molar refractivity (Wildman–Crippen MR) is 124 cm³/mol. The summed E-state index contributed by atoms with van der Waals surface area (Å²) in [5, 5.41) is 5.71. The van der Waals surface area contributed by atoms with E-state index >= 15 is 0 Å². The van der Waals surface area contributed by atoms with Gasteiger partial charge in [-0.25, -0.2) is 0 Å². The number of nitrogens with one attached hydrogen (secondary N) is 1. The summed E-state index contributed by atoms with van der Waals surface area (Å²) < 4.78 is 5.83. The van der Waals surface area contributed by atoms with E-state index in [1.54, 1.807) is 0 Å². The Morgan fingerprint density at radius 2 is 1.73 bits per heavy atom. The van der Waals surface area contributed by atoms with E-state index in [0.717, 1.165) is 54.9 Å². The number of nitrogens with zero attached hydrogens (tertiary/aromatic N) is 2. The van der Waals surface area contributed by atoms with Gasteiger partial charge in [0, 0.05) is 31.6 Å². The molecule has 1 N–H and O–H groups in total. The number of halogens is 1. The zero-order chi connectivity index (χ0) is 20.9. The van der Waals surface area contributed by atoms with Gasteiger partial charge in [-0.05, 0) is 30.1 Å². The zero-order valence-electron chi connectivity index (χ0n) is 17.1. The summed E-state index contributed by atoms with van der Waals surface area (Å²) in [6, 6.07) is 19.4. The standard InChI is InChI=1S/C24H26ClN3O2/c1-2-27-13-15-28(16-14-27)24-20(25)10-6-11-21(24)26-23(29)17-30-22-12-5-8-18-7-3-4-9-19(18)22/h3-12H,2,13-17H2,1H3,(H,26,29). The molecular weight excluding hydrogens is 398 g/mol. The van der Waals surface area contributed by atoms with E-state index < -0.39 is 0 Å². The molecule has 0 atom stereocenters. The van der Waals surface area contributed by atoms with Gasteiger partial charge in [0.15, 0.2) is 6.61 Å². The lowest BCUT2D eigenvalue weighted by atomic mass is 10.1. The molecule has 0 aromatic heterocycles. The average Bonchev–Trinajstić information content (AvgIpc) is 2.78. The lowest BCUT2D eigenvalue weighted by molar-refractivity contribution is -0.118. The number of likely N-dealkylation sites (N-methyl/N-ethyl adjacent to an activating group) is 1. The molecule has 4 rings (SSSR count). The van der Waals surface area contributed by atoms with Gasteiger partial charge in [-0.3, -0.25) is 4.79 Å². The van der Waals surface area contributed by atoms with E-state index in [1.165, 1.54) is 0 Å². The van der Waals surface area contributed by atoms with Crippen LogP contribution in [0.15, 0.2) is 60.7 Å². The van der Waals surface area contributed by atoms with Crippen LogP contribution in [0.5, 0.6) is 5.75 Å². The van der Waals surface area contributed by atoms with Gasteiger partial charge < -0.3 is 19.9 Å². The fourth-order valence-electron chi connectivity index (χ4n) is 3.88. The molecule has 5 nitrogen and oxygen atoms in total. The molecule has 6 heteroatoms. The van der Waals surface area contributed by atoms with Gasteiger partial charge in [0.2, 0.25) is 0 Å². The average molecular weight is 424 g/mol. The van der Waals surface area contributed by atoms with E-state index in [0.29, 0.717) is 10.8 Å². The first kappa shape index (κ1) is 20.5. The maximum Gasteiger partial charge on any atom is 0.262 e. The first-order valence-electron chi connectivity index (χ1n) is 10.3. The Bertz CT molecular complexity index is 1030. The number of anilines is 2. The second-order valence-corrected chi connectivity index (χ2v) is 7.78. The summed E-state index contributed by atoms with van der Waals surface area (Å²) in [5.74, 6) is 0.490. The molecule has 1 heterocycles. The van der Waals surface area contributed by atoms with Gasteiger partial charge in [0.05, 0.1) is 16.4 Å². The predicted octanol–water partition coefficient (Wildman–Crippen LogP) is 4.65. The molecule has 3 aromatic carbocycles. The largest absolute Gasteiger partial charge is 0.483 e. The molecule has 1 saturated heterocycles. The van der Waals surface area contributed by atoms with Crippen LogP contribution in [0.25, 0.3) is 10.8 Å². The first-order chi connectivity index (χ1) is 14.7. The second-order valence-electron chi connectivity index (χ2n) is 7.37. The highest BCUT2D eigenvalue weighted by Gasteiger charge is 2.21. The lowest BCUT2D eigenvalue weighted by Crippen LogP contribution is -2.46. The number of ether oxygens (including phenoxy) is 1. The highest BCUT2D eigenvalue weighted by Crippen LogP contribution is 2.34. The number of hydrogen-bond donors (Lipinski definition) is 1. The SMILES string of the molecule is CCN1CCN(c2c(Cl)cccc2NC(=O)COc2cccc3ccccc23)CC1. The van der Waals surface area contributed by atoms with Crippen molar-refractivity contribution in [1.82, 2.24) is 4.90 Å². The number of carbonyl (C=O) groups excluding carboxylic acids is 1. The first-order valence-corrected chi connectivity index (χ1v) is 10.7. The van der Waals surface area contributed by atoms with Crippen LogP contribution in [0.2, 0.25) is 5.02 Å². The summed E-state index contributed by atoms with van der Waals surface area (Å²) in [6.07, 6.45) is 0. The van der Waals surface area contributed by atoms with Crippen molar-refractivity contribution in [2.75, 3.05) is 49.5 Å². The fraction of sp³-hybridized carbons (Fsp3) is 0.292. The minimum absolute atomic E-state index is 0.0659. The smallest absolute Gasteiger partial charge is 0.262 e. The van der Waals surface area contributed by atoms with Crippen molar-refractivity contribution >= 4 is 39.7 Å². The van der Waals surface area contributed by atoms with Gasteiger partial charge in [0.25, 0.3) is 5.91 Å². The van der Waals surface area contributed by atoms with Gasteiger partial charge in [-0.2, -0.15) is 0 Å². The van der Waals surface area contributed by atoms with E-state index in [4.69, 9.17) is 16.3 Å². The van der Waals surface area contributed by atoms with Crippen LogP contribution in [0.1, 0.15) is 6.92 Å². The Morgan fingerprint density at radius 1 is 1.00 bits per heavy atom. The Balaban J connectivity index is 1.45. The van der Waals surface area contributed by atoms with Crippen LogP contribution < -0.4 is 15.0 Å². The van der Waals surface area contributed by atoms with Crippen LogP contribution in [0.4, 0.5) is 11.4 Å². The number of carbonyl (C=O) groups is 1. The third-order valence-electron chi connectivity index (χ3n) is 5.51. The Labute approximate surface area is 182 Å². The van der Waals surface area contributed by atoms with Crippen LogP contribution in [0, 0.1) is 0 Å². The molecule has 156 valence electrons. The molecule has 0 unspecified atom stereocenters. The Morgan fingerprint density at radius 3 is 2.53 bits per heavy atom. The number of hydrogen-bond acceptors (Lipinski definition) is 4. The highest BCUT2D eigenvalue weighted by atomic mass is 35.5. The number of piperazine rings is 1. The van der Waals surface area contributed by atoms with E-state index in [1.807, 2.05) is 60.7 Å². The quantitative estimate of drug-likeness (QED) is 0.626. The second kappa shape index (κ2) is 9.37. The molecule has 1 fully saturated rings. The van der Waals surface area contributed by atoms with Crippen molar-refractivity contribution in [3.05, 3.63) is 65.7 Å². The summed E-state index contributed by atoms with van der Waals surface area (Å²) in [5.41, 5.74) is 1.60. The van der Waals surface area contributed by atoms with Crippen LogP contribution in [-0.4, -0.2) is 50.1 Å². The molecule has 30 heavy (non-hydrogen) atoms. The lowest BCUT2D eigenvalue weighted by Gasteiger charge is -2.36. The monoisotopic (exact) mass is 423 g/mol. The minimum Gasteiger partial charge on any atom is -0.483 e. The zero-order valence-corrected chi connectivity index (χ0v) is 17.9. The van der Waals surface area contributed by atoms with Crippen LogP contribution in [0.3, 0.4) is 0 Å². The minimum atomic E-state index is -0.210. The van der Waals surface area contributed by atoms with Gasteiger partial charge in [0.1, 0.15) is 5.75 Å².